The molecule has 2 saturated heterocycles. The van der Waals surface area contributed by atoms with Gasteiger partial charge in [0, 0.05) is 26.1 Å². The van der Waals surface area contributed by atoms with Crippen molar-refractivity contribution in [3.8, 4) is 0 Å². The van der Waals surface area contributed by atoms with Gasteiger partial charge in [-0.15, -0.1) is 0 Å². The van der Waals surface area contributed by atoms with E-state index in [-0.39, 0.29) is 5.60 Å². The zero-order valence-electron chi connectivity index (χ0n) is 13.8. The molecule has 1 amide bonds. The molecule has 0 N–H and O–H groups in total. The van der Waals surface area contributed by atoms with Crippen molar-refractivity contribution in [2.75, 3.05) is 33.4 Å². The van der Waals surface area contributed by atoms with Crippen molar-refractivity contribution in [1.82, 2.24) is 4.90 Å². The van der Waals surface area contributed by atoms with Gasteiger partial charge in [0.25, 0.3) is 0 Å². The van der Waals surface area contributed by atoms with Crippen LogP contribution in [0.2, 0.25) is 0 Å². The fourth-order valence-corrected chi connectivity index (χ4v) is 4.52. The zero-order valence-corrected chi connectivity index (χ0v) is 13.8. The van der Waals surface area contributed by atoms with E-state index in [4.69, 9.17) is 9.47 Å². The summed E-state index contributed by atoms with van der Waals surface area (Å²) in [6.45, 7) is 3.03. The summed E-state index contributed by atoms with van der Waals surface area (Å²) in [6, 6.07) is 8.57. The molecule has 1 aliphatic carbocycles. The molecule has 0 aromatic heterocycles. The number of hydrogen-bond acceptors (Lipinski definition) is 3. The lowest BCUT2D eigenvalue weighted by Gasteiger charge is -2.50. The minimum absolute atomic E-state index is 0.121. The van der Waals surface area contributed by atoms with Crippen LogP contribution >= 0.6 is 0 Å². The van der Waals surface area contributed by atoms with Crippen molar-refractivity contribution in [1.29, 1.82) is 0 Å². The first-order valence-corrected chi connectivity index (χ1v) is 8.67. The Bertz CT molecular complexity index is 569. The van der Waals surface area contributed by atoms with E-state index in [2.05, 4.69) is 24.3 Å². The zero-order chi connectivity index (χ0) is 15.9. The number of carbonyl (C=O) groups excluding carboxylic acids is 1. The van der Waals surface area contributed by atoms with Gasteiger partial charge in [0.05, 0.1) is 19.7 Å². The molecule has 4 nitrogen and oxygen atoms in total. The highest BCUT2D eigenvalue weighted by Gasteiger charge is 2.54. The van der Waals surface area contributed by atoms with Gasteiger partial charge in [-0.3, -0.25) is 4.79 Å². The SMILES string of the molecule is COCC1CCOC12CN(C(=O)CC1Cc3ccccc3C1)C2. The van der Waals surface area contributed by atoms with E-state index in [1.165, 1.54) is 11.1 Å². The molecular formula is C19H25NO3. The van der Waals surface area contributed by atoms with E-state index in [1.54, 1.807) is 7.11 Å². The van der Waals surface area contributed by atoms with Gasteiger partial charge in [-0.25, -0.2) is 0 Å². The standard InChI is InChI=1S/C19H25NO3/c1-22-11-17-6-7-23-19(17)12-20(13-19)18(21)10-14-8-15-4-2-3-5-16(15)9-14/h2-5,14,17H,6-13H2,1H3. The first-order valence-electron chi connectivity index (χ1n) is 8.67. The highest BCUT2D eigenvalue weighted by molar-refractivity contribution is 5.78. The van der Waals surface area contributed by atoms with E-state index in [9.17, 15) is 4.79 Å². The summed E-state index contributed by atoms with van der Waals surface area (Å²) in [7, 11) is 1.74. The molecule has 1 aromatic carbocycles. The van der Waals surface area contributed by atoms with E-state index in [0.717, 1.165) is 45.6 Å². The molecular weight excluding hydrogens is 290 g/mol. The summed E-state index contributed by atoms with van der Waals surface area (Å²) in [6.07, 6.45) is 3.81. The number of fused-ring (bicyclic) bond motifs is 1. The largest absolute Gasteiger partial charge is 0.384 e. The monoisotopic (exact) mass is 315 g/mol. The van der Waals surface area contributed by atoms with Gasteiger partial charge in [-0.2, -0.15) is 0 Å². The third-order valence-corrected chi connectivity index (χ3v) is 5.84. The summed E-state index contributed by atoms with van der Waals surface area (Å²) in [5.74, 6) is 1.20. The first kappa shape index (κ1) is 15.2. The molecule has 0 bridgehead atoms. The minimum atomic E-state index is -0.121. The topological polar surface area (TPSA) is 38.8 Å². The number of nitrogens with zero attached hydrogens (tertiary/aromatic N) is 1. The maximum atomic E-state index is 12.6. The lowest BCUT2D eigenvalue weighted by molar-refractivity contribution is -0.168. The van der Waals surface area contributed by atoms with Gasteiger partial charge in [-0.05, 0) is 36.3 Å². The molecule has 1 atom stereocenters. The van der Waals surface area contributed by atoms with Crippen molar-refractivity contribution < 1.29 is 14.3 Å². The van der Waals surface area contributed by atoms with E-state index >= 15 is 0 Å². The number of carbonyl (C=O) groups is 1. The Hall–Kier alpha value is -1.39. The van der Waals surface area contributed by atoms with E-state index in [0.29, 0.717) is 24.2 Å². The second kappa shape index (κ2) is 5.91. The number of benzene rings is 1. The Balaban J connectivity index is 1.31. The summed E-state index contributed by atoms with van der Waals surface area (Å²) in [5.41, 5.74) is 2.72. The normalized spacial score (nSPS) is 25.6. The Morgan fingerprint density at radius 1 is 1.30 bits per heavy atom. The molecule has 4 rings (SSSR count). The Morgan fingerprint density at radius 3 is 2.65 bits per heavy atom. The minimum Gasteiger partial charge on any atom is -0.384 e. The molecule has 1 aromatic rings. The van der Waals surface area contributed by atoms with Gasteiger partial charge < -0.3 is 14.4 Å². The van der Waals surface area contributed by atoms with Crippen LogP contribution in [0.3, 0.4) is 0 Å². The number of ether oxygens (including phenoxy) is 2. The molecule has 124 valence electrons. The van der Waals surface area contributed by atoms with Crippen molar-refractivity contribution in [2.24, 2.45) is 11.8 Å². The van der Waals surface area contributed by atoms with E-state index in [1.807, 2.05) is 4.90 Å². The fourth-order valence-electron chi connectivity index (χ4n) is 4.52. The average Bonchev–Trinajstić information content (AvgIpc) is 3.09. The lowest BCUT2D eigenvalue weighted by atomic mass is 9.81. The van der Waals surface area contributed by atoms with Crippen molar-refractivity contribution in [3.05, 3.63) is 35.4 Å². The van der Waals surface area contributed by atoms with E-state index < -0.39 is 0 Å². The van der Waals surface area contributed by atoms with Gasteiger partial charge in [0.15, 0.2) is 0 Å². The van der Waals surface area contributed by atoms with Crippen LogP contribution in [0.25, 0.3) is 0 Å². The maximum Gasteiger partial charge on any atom is 0.223 e. The first-order chi connectivity index (χ1) is 11.2. The predicted molar refractivity (Wildman–Crippen MR) is 87.2 cm³/mol. The van der Waals surface area contributed by atoms with Crippen LogP contribution in [0.1, 0.15) is 24.0 Å². The third kappa shape index (κ3) is 2.68. The molecule has 23 heavy (non-hydrogen) atoms. The smallest absolute Gasteiger partial charge is 0.223 e. The summed E-state index contributed by atoms with van der Waals surface area (Å²) < 4.78 is 11.3. The maximum absolute atomic E-state index is 12.6. The number of hydrogen-bond donors (Lipinski definition) is 0. The quantitative estimate of drug-likeness (QED) is 0.854. The second-order valence-electron chi connectivity index (χ2n) is 7.35. The van der Waals surface area contributed by atoms with Crippen LogP contribution in [-0.4, -0.2) is 49.8 Å². The molecule has 3 aliphatic rings. The number of likely N-dealkylation sites (tertiary alicyclic amines) is 1. The van der Waals surface area contributed by atoms with Crippen LogP contribution in [-0.2, 0) is 27.1 Å². The summed E-state index contributed by atoms with van der Waals surface area (Å²) >= 11 is 0. The molecule has 4 heteroatoms. The molecule has 0 saturated carbocycles. The summed E-state index contributed by atoms with van der Waals surface area (Å²) in [4.78, 5) is 14.6. The molecule has 2 fully saturated rings. The van der Waals surface area contributed by atoms with Gasteiger partial charge in [0.1, 0.15) is 5.60 Å². The number of amides is 1. The van der Waals surface area contributed by atoms with Gasteiger partial charge >= 0.3 is 0 Å². The number of methoxy groups -OCH3 is 1. The Morgan fingerprint density at radius 2 is 2.00 bits per heavy atom. The average molecular weight is 315 g/mol. The van der Waals surface area contributed by atoms with Crippen molar-refractivity contribution in [3.63, 3.8) is 0 Å². The predicted octanol–water partition coefficient (Wildman–Crippen LogP) is 2.06. The molecule has 1 spiro atoms. The van der Waals surface area contributed by atoms with Crippen molar-refractivity contribution in [2.45, 2.75) is 31.3 Å². The van der Waals surface area contributed by atoms with Gasteiger partial charge in [-0.1, -0.05) is 24.3 Å². The molecule has 1 unspecified atom stereocenters. The van der Waals surface area contributed by atoms with Crippen LogP contribution in [0, 0.1) is 11.8 Å². The number of rotatable bonds is 4. The van der Waals surface area contributed by atoms with Gasteiger partial charge in [0.2, 0.25) is 5.91 Å². The second-order valence-corrected chi connectivity index (χ2v) is 7.35. The third-order valence-electron chi connectivity index (χ3n) is 5.84. The van der Waals surface area contributed by atoms with Crippen LogP contribution in [0.5, 0.6) is 0 Å². The van der Waals surface area contributed by atoms with Crippen molar-refractivity contribution >= 4 is 5.91 Å². The highest BCUT2D eigenvalue weighted by atomic mass is 16.5. The summed E-state index contributed by atoms with van der Waals surface area (Å²) in [5, 5.41) is 0. The lowest BCUT2D eigenvalue weighted by Crippen LogP contribution is -2.66. The molecule has 2 aliphatic heterocycles. The van der Waals surface area contributed by atoms with Crippen LogP contribution in [0.15, 0.2) is 24.3 Å². The Kier molecular flexibility index (Phi) is 3.90. The van der Waals surface area contributed by atoms with Crippen LogP contribution < -0.4 is 0 Å². The fraction of sp³-hybridized carbons (Fsp3) is 0.632. The molecule has 2 heterocycles. The molecule has 0 radical (unpaired) electrons. The highest BCUT2D eigenvalue weighted by Crippen LogP contribution is 2.40. The Labute approximate surface area is 137 Å². The van der Waals surface area contributed by atoms with Crippen LogP contribution in [0.4, 0.5) is 0 Å².